The molecule has 0 aromatic heterocycles. The lowest BCUT2D eigenvalue weighted by molar-refractivity contribution is 0.248. The van der Waals surface area contributed by atoms with Crippen molar-refractivity contribution in [3.05, 3.63) is 23.8 Å². The topological polar surface area (TPSA) is 58.6 Å². The normalized spacial score (nSPS) is 17.9. The molecule has 0 spiro atoms. The Kier molecular flexibility index (Phi) is 5.47. The first-order valence-corrected chi connectivity index (χ1v) is 9.20. The van der Waals surface area contributed by atoms with Crippen molar-refractivity contribution in [2.75, 3.05) is 27.2 Å². The van der Waals surface area contributed by atoms with Gasteiger partial charge in [-0.3, -0.25) is 0 Å². The van der Waals surface area contributed by atoms with Gasteiger partial charge in [0.25, 0.3) is 0 Å². The highest BCUT2D eigenvalue weighted by molar-refractivity contribution is 7.89. The Balaban J connectivity index is 2.20. The lowest BCUT2D eigenvalue weighted by Crippen LogP contribution is -2.43. The van der Waals surface area contributed by atoms with Gasteiger partial charge < -0.3 is 9.64 Å². The van der Waals surface area contributed by atoms with Crippen LogP contribution in [0, 0.1) is 0 Å². The maximum atomic E-state index is 12.6. The minimum Gasteiger partial charge on any atom is -0.496 e. The van der Waals surface area contributed by atoms with Crippen molar-refractivity contribution in [1.82, 2.24) is 9.62 Å². The molecule has 1 aromatic carbocycles. The van der Waals surface area contributed by atoms with Crippen LogP contribution in [0.2, 0.25) is 0 Å². The van der Waals surface area contributed by atoms with Crippen LogP contribution in [-0.2, 0) is 10.0 Å². The van der Waals surface area contributed by atoms with Gasteiger partial charge in [0.2, 0.25) is 10.0 Å². The second-order valence-corrected chi connectivity index (χ2v) is 7.97. The second-order valence-electron chi connectivity index (χ2n) is 6.26. The number of sulfonamides is 1. The summed E-state index contributed by atoms with van der Waals surface area (Å²) >= 11 is 0. The third kappa shape index (κ3) is 4.00. The molecule has 0 atom stereocenters. The summed E-state index contributed by atoms with van der Waals surface area (Å²) in [5.41, 5.74) is 0.911. The van der Waals surface area contributed by atoms with E-state index in [1.807, 2.05) is 13.8 Å². The van der Waals surface area contributed by atoms with Crippen LogP contribution in [0.25, 0.3) is 0 Å². The van der Waals surface area contributed by atoms with Gasteiger partial charge in [0.1, 0.15) is 5.75 Å². The predicted molar refractivity (Wildman–Crippen MR) is 87.9 cm³/mol. The molecule has 0 unspecified atom stereocenters. The van der Waals surface area contributed by atoms with Crippen LogP contribution < -0.4 is 9.46 Å². The maximum absolute atomic E-state index is 12.6. The van der Waals surface area contributed by atoms with Gasteiger partial charge in [-0.15, -0.1) is 0 Å². The lowest BCUT2D eigenvalue weighted by Gasteiger charge is -2.29. The number of nitrogens with one attached hydrogen (secondary N) is 1. The van der Waals surface area contributed by atoms with Crippen molar-refractivity contribution in [1.29, 1.82) is 0 Å². The fraction of sp³-hybridized carbons (Fsp3) is 0.625. The van der Waals surface area contributed by atoms with E-state index in [4.69, 9.17) is 4.74 Å². The highest BCUT2D eigenvalue weighted by Crippen LogP contribution is 2.29. The van der Waals surface area contributed by atoms with E-state index < -0.39 is 10.0 Å². The minimum atomic E-state index is -3.48. The van der Waals surface area contributed by atoms with Crippen LogP contribution in [0.1, 0.15) is 38.2 Å². The molecule has 5 nitrogen and oxygen atoms in total. The highest BCUT2D eigenvalue weighted by atomic mass is 32.2. The number of likely N-dealkylation sites (tertiary alicyclic amines) is 1. The van der Waals surface area contributed by atoms with E-state index in [1.54, 1.807) is 25.3 Å². The van der Waals surface area contributed by atoms with Crippen molar-refractivity contribution >= 4 is 10.0 Å². The third-order valence-corrected chi connectivity index (χ3v) is 5.69. The summed E-state index contributed by atoms with van der Waals surface area (Å²) < 4.78 is 33.3. The molecule has 0 radical (unpaired) electrons. The molecule has 124 valence electrons. The smallest absolute Gasteiger partial charge is 0.240 e. The Hall–Kier alpha value is -1.11. The number of hydrogen-bond acceptors (Lipinski definition) is 4. The number of hydrogen-bond donors (Lipinski definition) is 1. The Bertz CT molecular complexity index is 606. The molecule has 1 aromatic rings. The molecule has 1 aliphatic heterocycles. The number of rotatable bonds is 5. The Morgan fingerprint density at radius 1 is 1.27 bits per heavy atom. The molecule has 1 heterocycles. The first-order chi connectivity index (χ1) is 10.3. The van der Waals surface area contributed by atoms with Crippen molar-refractivity contribution in [3.8, 4) is 5.75 Å². The second kappa shape index (κ2) is 6.98. The monoisotopic (exact) mass is 326 g/mol. The number of ether oxygens (including phenoxy) is 1. The van der Waals surface area contributed by atoms with Gasteiger partial charge in [-0.2, -0.15) is 0 Å². The van der Waals surface area contributed by atoms with Gasteiger partial charge in [0.15, 0.2) is 0 Å². The van der Waals surface area contributed by atoms with Crippen LogP contribution >= 0.6 is 0 Å². The lowest BCUT2D eigenvalue weighted by atomic mass is 10.0. The van der Waals surface area contributed by atoms with Gasteiger partial charge in [-0.1, -0.05) is 13.8 Å². The number of methoxy groups -OCH3 is 1. The average molecular weight is 326 g/mol. The van der Waals surface area contributed by atoms with E-state index in [2.05, 4.69) is 16.7 Å². The van der Waals surface area contributed by atoms with Crippen LogP contribution in [-0.4, -0.2) is 46.6 Å². The Labute approximate surface area is 133 Å². The summed E-state index contributed by atoms with van der Waals surface area (Å²) in [5, 5.41) is 0. The van der Waals surface area contributed by atoms with Gasteiger partial charge in [-0.25, -0.2) is 13.1 Å². The summed E-state index contributed by atoms with van der Waals surface area (Å²) in [6, 6.07) is 5.09. The number of nitrogens with zero attached hydrogens (tertiary/aromatic N) is 1. The van der Waals surface area contributed by atoms with Crippen LogP contribution in [0.4, 0.5) is 0 Å². The molecule has 1 N–H and O–H groups in total. The average Bonchev–Trinajstić information content (AvgIpc) is 2.48. The number of piperidine rings is 1. The Morgan fingerprint density at radius 2 is 1.91 bits per heavy atom. The van der Waals surface area contributed by atoms with Crippen LogP contribution in [0.5, 0.6) is 5.75 Å². The highest BCUT2D eigenvalue weighted by Gasteiger charge is 2.24. The summed E-state index contributed by atoms with van der Waals surface area (Å²) in [5.74, 6) is 0.932. The zero-order chi connectivity index (χ0) is 16.3. The number of benzene rings is 1. The van der Waals surface area contributed by atoms with E-state index in [1.165, 1.54) is 0 Å². The molecule has 0 saturated carbocycles. The predicted octanol–water partition coefficient (Wildman–Crippen LogP) is 2.19. The molecule has 22 heavy (non-hydrogen) atoms. The molecule has 1 fully saturated rings. The molecule has 0 amide bonds. The van der Waals surface area contributed by atoms with Crippen molar-refractivity contribution in [2.45, 2.75) is 43.5 Å². The largest absolute Gasteiger partial charge is 0.496 e. The molecule has 6 heteroatoms. The van der Waals surface area contributed by atoms with Crippen LogP contribution in [0.3, 0.4) is 0 Å². The van der Waals surface area contributed by atoms with Gasteiger partial charge in [0, 0.05) is 6.04 Å². The van der Waals surface area contributed by atoms with Crippen LogP contribution in [0.15, 0.2) is 23.1 Å². The third-order valence-electron chi connectivity index (χ3n) is 4.17. The summed E-state index contributed by atoms with van der Waals surface area (Å²) in [7, 11) is 0.180. The molecule has 1 aliphatic rings. The summed E-state index contributed by atoms with van der Waals surface area (Å²) in [4.78, 5) is 2.53. The molecular formula is C16H26N2O3S. The first kappa shape index (κ1) is 17.2. The van der Waals surface area contributed by atoms with Crippen molar-refractivity contribution in [3.63, 3.8) is 0 Å². The van der Waals surface area contributed by atoms with Gasteiger partial charge in [-0.05, 0) is 62.7 Å². The quantitative estimate of drug-likeness (QED) is 0.901. The van der Waals surface area contributed by atoms with E-state index >= 15 is 0 Å². The minimum absolute atomic E-state index is 0.0193. The SMILES string of the molecule is COc1ccc(S(=O)(=O)NC2CCN(C)CC2)cc1C(C)C. The van der Waals surface area contributed by atoms with Crippen molar-refractivity contribution < 1.29 is 13.2 Å². The molecule has 0 bridgehead atoms. The standard InChI is InChI=1S/C16H26N2O3S/c1-12(2)15-11-14(5-6-16(15)21-4)22(19,20)17-13-7-9-18(3)10-8-13/h5-6,11-13,17H,7-10H2,1-4H3. The molecule has 1 saturated heterocycles. The fourth-order valence-electron chi connectivity index (χ4n) is 2.74. The first-order valence-electron chi connectivity index (χ1n) is 7.72. The van der Waals surface area contributed by atoms with E-state index in [-0.39, 0.29) is 12.0 Å². The zero-order valence-electron chi connectivity index (χ0n) is 13.8. The van der Waals surface area contributed by atoms with Crippen molar-refractivity contribution in [2.24, 2.45) is 0 Å². The zero-order valence-corrected chi connectivity index (χ0v) is 14.6. The summed E-state index contributed by atoms with van der Waals surface area (Å²) in [6.45, 7) is 5.90. The Morgan fingerprint density at radius 3 is 2.45 bits per heavy atom. The van der Waals surface area contributed by atoms with Gasteiger partial charge in [0.05, 0.1) is 12.0 Å². The summed E-state index contributed by atoms with van der Waals surface area (Å²) in [6.07, 6.45) is 1.70. The van der Waals surface area contributed by atoms with E-state index in [0.717, 1.165) is 37.2 Å². The van der Waals surface area contributed by atoms with E-state index in [0.29, 0.717) is 4.90 Å². The maximum Gasteiger partial charge on any atom is 0.240 e. The fourth-order valence-corrected chi connectivity index (χ4v) is 4.08. The molecular weight excluding hydrogens is 300 g/mol. The molecule has 0 aliphatic carbocycles. The van der Waals surface area contributed by atoms with Gasteiger partial charge >= 0.3 is 0 Å². The van der Waals surface area contributed by atoms with E-state index in [9.17, 15) is 8.42 Å². The molecule has 2 rings (SSSR count).